The third kappa shape index (κ3) is 11.9. The molecule has 2 N–H and O–H groups in total. The third-order valence-corrected chi connectivity index (χ3v) is 18.6. The van der Waals surface area contributed by atoms with Crippen molar-refractivity contribution in [3.63, 3.8) is 0 Å². The summed E-state index contributed by atoms with van der Waals surface area (Å²) in [5, 5.41) is 20.6. The van der Waals surface area contributed by atoms with E-state index in [9.17, 15) is 19.5 Å². The van der Waals surface area contributed by atoms with E-state index in [1.54, 1.807) is 39.5 Å². The van der Waals surface area contributed by atoms with Gasteiger partial charge in [-0.25, -0.2) is 14.2 Å². The van der Waals surface area contributed by atoms with Crippen molar-refractivity contribution in [2.45, 2.75) is 135 Å². The second kappa shape index (κ2) is 24.8. The number of nitrogens with zero attached hydrogens (tertiary/aromatic N) is 10. The van der Waals surface area contributed by atoms with E-state index in [1.807, 2.05) is 83.6 Å². The lowest BCUT2D eigenvalue weighted by Gasteiger charge is -2.39. The van der Waals surface area contributed by atoms with Gasteiger partial charge in [0.2, 0.25) is 11.8 Å². The average Bonchev–Trinajstić information content (AvgIpc) is 4.49. The van der Waals surface area contributed by atoms with Gasteiger partial charge < -0.3 is 44.0 Å². The first kappa shape index (κ1) is 57.4. The number of rotatable bonds is 16. The number of nitrogens with one attached hydrogen (secondary N) is 1. The summed E-state index contributed by atoms with van der Waals surface area (Å²) in [6, 6.07) is 18.2. The molecule has 4 fully saturated rings. The average molecular weight is 1150 g/mol. The van der Waals surface area contributed by atoms with Gasteiger partial charge in [-0.15, -0.1) is 11.3 Å². The molecule has 0 radical (unpaired) electrons. The summed E-state index contributed by atoms with van der Waals surface area (Å²) in [4.78, 5) is 71.7. The Bertz CT molecular complexity index is 3480. The molecule has 1 unspecified atom stereocenters. The number of benzene rings is 3. The fraction of sp³-hybridized carbons (Fsp3) is 0.492. The van der Waals surface area contributed by atoms with Gasteiger partial charge in [0, 0.05) is 75.2 Å². The molecule has 8 heterocycles. The summed E-state index contributed by atoms with van der Waals surface area (Å²) < 4.78 is 35.5. The van der Waals surface area contributed by atoms with Crippen molar-refractivity contribution in [2.75, 3.05) is 69.3 Å². The Morgan fingerprint density at radius 2 is 1.67 bits per heavy atom. The number of thiazole rings is 1. The maximum atomic E-state index is 17.2. The second-order valence-corrected chi connectivity index (χ2v) is 24.2. The largest absolute Gasteiger partial charge is 0.508 e. The number of fused-ring (bicyclic) bond motifs is 2. The van der Waals surface area contributed by atoms with Gasteiger partial charge in [0.15, 0.2) is 17.4 Å². The van der Waals surface area contributed by atoms with Crippen LogP contribution in [0.5, 0.6) is 11.8 Å². The number of pyridine rings is 1. The minimum atomic E-state index is -0.644. The number of carbonyl (C=O) groups excluding carboxylic acids is 3. The lowest BCUT2D eigenvalue weighted by atomic mass is 9.91. The molecule has 11 rings (SSSR count). The summed E-state index contributed by atoms with van der Waals surface area (Å²) in [7, 11) is 2.00. The summed E-state index contributed by atoms with van der Waals surface area (Å²) in [6.45, 7) is 15.8. The van der Waals surface area contributed by atoms with Gasteiger partial charge in [0.1, 0.15) is 48.0 Å². The van der Waals surface area contributed by atoms with Crippen LogP contribution in [-0.2, 0) is 20.7 Å². The van der Waals surface area contributed by atoms with Crippen molar-refractivity contribution in [3.05, 3.63) is 101 Å². The molecular formula is C63H76FN11O7S. The smallest absolute Gasteiger partial charge is 0.409 e. The first-order chi connectivity index (χ1) is 40.1. The number of phenols is 1. The van der Waals surface area contributed by atoms with Crippen LogP contribution in [0.25, 0.3) is 43.4 Å². The van der Waals surface area contributed by atoms with Gasteiger partial charge in [-0.3, -0.25) is 19.5 Å². The molecule has 3 amide bonds. The molecule has 4 aliphatic rings. The number of ether oxygens (including phenoxy) is 2. The number of aromatic nitrogens is 5. The van der Waals surface area contributed by atoms with Gasteiger partial charge in [-0.05, 0) is 118 Å². The summed E-state index contributed by atoms with van der Waals surface area (Å²) in [5.41, 5.74) is 6.64. The zero-order valence-electron chi connectivity index (χ0n) is 48.6. The molecular weight excluding hydrogens is 1070 g/mol. The number of aryl methyl sites for hydroxylation is 2. The molecule has 83 heavy (non-hydrogen) atoms. The fourth-order valence-electron chi connectivity index (χ4n) is 12.8. The van der Waals surface area contributed by atoms with Crippen molar-refractivity contribution in [3.8, 4) is 33.5 Å². The number of likely N-dealkylation sites (N-methyl/N-ethyl adjacent to an activating group) is 1. The van der Waals surface area contributed by atoms with Gasteiger partial charge in [-0.2, -0.15) is 9.97 Å². The predicted octanol–water partition coefficient (Wildman–Crippen LogP) is 10.8. The van der Waals surface area contributed by atoms with Crippen molar-refractivity contribution < 1.29 is 37.9 Å². The zero-order chi connectivity index (χ0) is 58.1. The van der Waals surface area contributed by atoms with E-state index >= 15 is 4.39 Å². The highest BCUT2D eigenvalue weighted by Gasteiger charge is 2.42. The van der Waals surface area contributed by atoms with E-state index in [-0.39, 0.29) is 84.2 Å². The van der Waals surface area contributed by atoms with Crippen molar-refractivity contribution >= 4 is 62.6 Å². The first-order valence-electron chi connectivity index (χ1n) is 29.6. The van der Waals surface area contributed by atoms with E-state index in [0.717, 1.165) is 102 Å². The van der Waals surface area contributed by atoms with Crippen LogP contribution < -0.4 is 19.9 Å². The monoisotopic (exact) mass is 1150 g/mol. The van der Waals surface area contributed by atoms with Crippen LogP contribution >= 0.6 is 11.3 Å². The highest BCUT2D eigenvalue weighted by Crippen LogP contribution is 2.40. The lowest BCUT2D eigenvalue weighted by Crippen LogP contribution is -2.54. The SMILES string of the molecule is CCc1cccc2cc(O)cc(-c3ncc4c(N5CCCCCC5)nc(OC[C@@H]5CCC(COC(=O)N6CCN(c7cc([C@H](C(=O)N8CCC[C@H]8C(=O)N[C@@H](C)c8ccc(-c9scnc9C)cc8)C(C)C)on7)[C@H](C)C6)N5C)nc4c3F)c12. The number of hydrogen-bond acceptors (Lipinski definition) is 16. The topological polar surface area (TPSA) is 196 Å². The number of aromatic hydroxyl groups is 1. The summed E-state index contributed by atoms with van der Waals surface area (Å²) in [5.74, 6) is -0.0487. The molecule has 438 valence electrons. The van der Waals surface area contributed by atoms with E-state index in [1.165, 1.54) is 0 Å². The number of anilines is 2. The van der Waals surface area contributed by atoms with E-state index in [2.05, 4.69) is 49.2 Å². The van der Waals surface area contributed by atoms with Crippen LogP contribution in [0.3, 0.4) is 0 Å². The molecule has 0 spiro atoms. The number of phenolic OH excluding ortho intramolecular Hbond substituents is 1. The van der Waals surface area contributed by atoms with Crippen LogP contribution in [0, 0.1) is 18.7 Å². The van der Waals surface area contributed by atoms with Crippen molar-refractivity contribution in [1.82, 2.24) is 45.1 Å². The Kier molecular flexibility index (Phi) is 17.1. The molecule has 20 heteroatoms. The Morgan fingerprint density at radius 3 is 2.40 bits per heavy atom. The maximum absolute atomic E-state index is 17.2. The van der Waals surface area contributed by atoms with Crippen LogP contribution in [0.2, 0.25) is 0 Å². The second-order valence-electron chi connectivity index (χ2n) is 23.3. The lowest BCUT2D eigenvalue weighted by molar-refractivity contribution is -0.141. The number of halogens is 1. The predicted molar refractivity (Wildman–Crippen MR) is 319 cm³/mol. The molecule has 4 aromatic heterocycles. The molecule has 4 aliphatic heterocycles. The zero-order valence-corrected chi connectivity index (χ0v) is 49.5. The number of carbonyl (C=O) groups is 3. The Hall–Kier alpha value is -7.45. The standard InChI is InChI=1S/C63H76FN11O7S/c1-8-41-15-13-16-44-29-47(76)30-48(54(41)44)56-55(64)57-49(32-65-56)59(72-24-11-9-10-12-25-72)69-62(68-57)80-34-45-22-23-46(71(45)7)35-81-63(79)73-27-28-74(38(4)33-73)52-31-51(82-70-52)53(37(2)3)61(78)75-26-14-17-50(75)60(77)67-39(5)42-18-20-43(21-19-42)58-40(6)66-36-83-58/h13,15-16,18-21,29-32,36-39,45-46,50,53,76H,8-12,14,17,22-28,33-35H2,1-7H3,(H,67,77)/t38-,39+,45+,46?,50+,53-/m1/s1. The Labute approximate surface area is 488 Å². The molecule has 3 aromatic carbocycles. The van der Waals surface area contributed by atoms with Crippen LogP contribution in [0.4, 0.5) is 20.8 Å². The maximum Gasteiger partial charge on any atom is 0.409 e. The van der Waals surface area contributed by atoms with E-state index in [0.29, 0.717) is 60.9 Å². The highest BCUT2D eigenvalue weighted by atomic mass is 32.1. The minimum absolute atomic E-state index is 0.0244. The van der Waals surface area contributed by atoms with Crippen LogP contribution in [-0.4, -0.2) is 147 Å². The molecule has 0 aliphatic carbocycles. The quantitative estimate of drug-likeness (QED) is 0.0926. The molecule has 4 saturated heterocycles. The number of likely N-dealkylation sites (tertiary alicyclic amines) is 2. The highest BCUT2D eigenvalue weighted by molar-refractivity contribution is 7.13. The fourth-order valence-corrected chi connectivity index (χ4v) is 13.6. The Morgan fingerprint density at radius 1 is 0.904 bits per heavy atom. The molecule has 18 nitrogen and oxygen atoms in total. The molecule has 0 bridgehead atoms. The molecule has 0 saturated carbocycles. The Balaban J connectivity index is 0.692. The van der Waals surface area contributed by atoms with Gasteiger partial charge in [0.05, 0.1) is 27.5 Å². The van der Waals surface area contributed by atoms with E-state index in [4.69, 9.17) is 28.9 Å². The summed E-state index contributed by atoms with van der Waals surface area (Å²) in [6.07, 6.45) is 9.05. The normalized spacial score (nSPS) is 20.5. The van der Waals surface area contributed by atoms with Gasteiger partial charge in [-0.1, -0.05) is 81.2 Å². The molecule has 6 atom stereocenters. The number of amides is 3. The van der Waals surface area contributed by atoms with Crippen LogP contribution in [0.15, 0.2) is 76.9 Å². The van der Waals surface area contributed by atoms with Crippen molar-refractivity contribution in [1.29, 1.82) is 0 Å². The van der Waals surface area contributed by atoms with Gasteiger partial charge >= 0.3 is 12.1 Å². The number of hydrogen-bond donors (Lipinski definition) is 2. The van der Waals surface area contributed by atoms with Crippen LogP contribution in [0.1, 0.15) is 121 Å². The summed E-state index contributed by atoms with van der Waals surface area (Å²) >= 11 is 1.60. The van der Waals surface area contributed by atoms with E-state index < -0.39 is 17.8 Å². The van der Waals surface area contributed by atoms with Crippen molar-refractivity contribution in [2.24, 2.45) is 5.92 Å². The third-order valence-electron chi connectivity index (χ3n) is 17.6. The first-order valence-corrected chi connectivity index (χ1v) is 30.5. The molecule has 7 aromatic rings. The number of piperazine rings is 1. The van der Waals surface area contributed by atoms with Gasteiger partial charge in [0.25, 0.3) is 0 Å². The minimum Gasteiger partial charge on any atom is -0.508 e.